The van der Waals surface area contributed by atoms with Crippen LogP contribution in [0.15, 0.2) is 0 Å². The summed E-state index contributed by atoms with van der Waals surface area (Å²) in [5.41, 5.74) is 0. The molecule has 392 valence electrons. The molecule has 0 spiro atoms. The van der Waals surface area contributed by atoms with Crippen LogP contribution in [-0.2, 0) is 23.6 Å². The Hall–Kier alpha value is -0.791. The van der Waals surface area contributed by atoms with Crippen molar-refractivity contribution >= 4 is 37.5 Å². The van der Waals surface area contributed by atoms with Crippen LogP contribution in [0, 0.1) is 0 Å². The topological polar surface area (TPSA) is 78.9 Å². The van der Waals surface area contributed by atoms with E-state index in [1.165, 1.54) is 225 Å². The zero-order valence-corrected chi connectivity index (χ0v) is 48.1. The molecular weight excluding hydrogens is 923 g/mol. The van der Waals surface area contributed by atoms with Crippen LogP contribution in [0.2, 0.25) is 4.44 Å². The number of unbranched alkanes of at least 4 members (excludes halogenated alkanes) is 44. The number of hydrogen-bond donors (Lipinski definition) is 0. The summed E-state index contributed by atoms with van der Waals surface area (Å²) < 4.78 is 19.2. The van der Waals surface area contributed by atoms with Gasteiger partial charge in [0.1, 0.15) is 0 Å². The van der Waals surface area contributed by atoms with Crippen LogP contribution in [0.1, 0.15) is 355 Å². The Morgan fingerprint density at radius 1 is 0.227 bits per heavy atom. The van der Waals surface area contributed by atoms with Crippen LogP contribution < -0.4 is 0 Å². The summed E-state index contributed by atoms with van der Waals surface area (Å²) in [6.07, 6.45) is 60.0. The van der Waals surface area contributed by atoms with Crippen molar-refractivity contribution in [1.82, 2.24) is 0 Å². The molecule has 0 aliphatic heterocycles. The zero-order chi connectivity index (χ0) is 48.1. The van der Waals surface area contributed by atoms with Crippen LogP contribution in [0.4, 0.5) is 0 Å². The van der Waals surface area contributed by atoms with Gasteiger partial charge >= 0.3 is 304 Å². The summed E-state index contributed by atoms with van der Waals surface area (Å²) in [5.74, 6) is -1.03. The second-order valence-corrected chi connectivity index (χ2v) is 27.7. The second kappa shape index (κ2) is 53.6. The van der Waals surface area contributed by atoms with E-state index >= 15 is 0 Å². The number of carbonyl (C=O) groups is 3. The molecule has 0 aliphatic rings. The molecule has 0 amide bonds. The molecule has 0 rings (SSSR count). The average molecular weight is 1040 g/mol. The van der Waals surface area contributed by atoms with E-state index in [1.54, 1.807) is 0 Å². The Labute approximate surface area is 418 Å². The first-order valence-corrected chi connectivity index (χ1v) is 35.6. The fourth-order valence-corrected chi connectivity index (χ4v) is 16.4. The first-order valence-electron chi connectivity index (χ1n) is 30.1. The minimum absolute atomic E-state index is 0.292. The molecule has 6 nitrogen and oxygen atoms in total. The summed E-state index contributed by atoms with van der Waals surface area (Å²) in [7, 11) is 0. The van der Waals surface area contributed by atoms with Gasteiger partial charge in [-0.1, -0.05) is 117 Å². The van der Waals surface area contributed by atoms with Crippen molar-refractivity contribution in [2.75, 3.05) is 0 Å². The molecule has 0 fully saturated rings. The van der Waals surface area contributed by atoms with E-state index in [9.17, 15) is 14.4 Å². The van der Waals surface area contributed by atoms with Crippen molar-refractivity contribution < 1.29 is 23.6 Å². The normalized spacial score (nSPS) is 11.6. The van der Waals surface area contributed by atoms with Crippen LogP contribution >= 0.6 is 0 Å². The fourth-order valence-electron chi connectivity index (χ4n) is 9.40. The molecule has 0 unspecified atom stereocenters. The van der Waals surface area contributed by atoms with Crippen molar-refractivity contribution in [1.29, 1.82) is 0 Å². The van der Waals surface area contributed by atoms with Gasteiger partial charge in [-0.05, 0) is 0 Å². The van der Waals surface area contributed by atoms with E-state index < -0.39 is 19.6 Å². The van der Waals surface area contributed by atoms with Crippen LogP contribution in [0.5, 0.6) is 0 Å². The van der Waals surface area contributed by atoms with Crippen LogP contribution in [0.3, 0.4) is 0 Å². The summed E-state index contributed by atoms with van der Waals surface area (Å²) in [6, 6.07) is 0. The van der Waals surface area contributed by atoms with Gasteiger partial charge in [0.15, 0.2) is 0 Å². The molecule has 0 aliphatic carbocycles. The van der Waals surface area contributed by atoms with Crippen molar-refractivity contribution in [3.8, 4) is 0 Å². The van der Waals surface area contributed by atoms with E-state index in [0.717, 1.165) is 83.5 Å². The molecular formula is C59H116O6Sn. The molecule has 0 heterocycles. The maximum atomic E-state index is 13.6. The number of carbonyl (C=O) groups excluding carboxylic acids is 3. The molecule has 0 N–H and O–H groups in total. The number of hydrogen-bond acceptors (Lipinski definition) is 6. The van der Waals surface area contributed by atoms with Gasteiger partial charge < -0.3 is 0 Å². The van der Waals surface area contributed by atoms with Crippen molar-refractivity contribution in [2.24, 2.45) is 0 Å². The smallest absolute Gasteiger partial charge is 0.0654 e. The molecule has 66 heavy (non-hydrogen) atoms. The third kappa shape index (κ3) is 48.2. The third-order valence-corrected chi connectivity index (χ3v) is 21.2. The second-order valence-electron chi connectivity index (χ2n) is 20.7. The van der Waals surface area contributed by atoms with Gasteiger partial charge in [0, 0.05) is 0 Å². The Bertz CT molecular complexity index is 906. The van der Waals surface area contributed by atoms with Gasteiger partial charge in [0.2, 0.25) is 0 Å². The van der Waals surface area contributed by atoms with Gasteiger partial charge in [0.05, 0.1) is 0 Å². The Morgan fingerprint density at radius 2 is 0.379 bits per heavy atom. The summed E-state index contributed by atoms with van der Waals surface area (Å²) in [5, 5.41) is 0. The summed E-state index contributed by atoms with van der Waals surface area (Å²) in [4.78, 5) is 40.7. The van der Waals surface area contributed by atoms with Crippen molar-refractivity contribution in [2.45, 2.75) is 360 Å². The summed E-state index contributed by atoms with van der Waals surface area (Å²) >= 11 is -4.92. The molecule has 0 aromatic carbocycles. The number of rotatable bonds is 55. The quantitative estimate of drug-likeness (QED) is 0.0446. The first-order chi connectivity index (χ1) is 32.4. The van der Waals surface area contributed by atoms with Crippen LogP contribution in [0.25, 0.3) is 0 Å². The standard InChI is InChI=1S/3C17H34O2.C8H17.Sn/c3*1-2-3-4-5-6-7-8-9-10-11-12-13-14-15-16-17(18)19;1-3-5-7-8-6-4-2;/h3*2-16H2,1H3,(H,18,19);1,3-8H2,2H3;/q;;;;+3/p-3. The molecule has 0 saturated carbocycles. The average Bonchev–Trinajstić information content (AvgIpc) is 3.30. The van der Waals surface area contributed by atoms with E-state index in [1.807, 2.05) is 0 Å². The summed E-state index contributed by atoms with van der Waals surface area (Å²) in [6.45, 7) is 9.05. The SMILES string of the molecule is CCCCCCCCCCCCCCCCC(=O)[O][Sn]([CH2]CCCCCCC)([O]C(=O)CCCCCCCCCCCCCCCC)[O]C(=O)CCCCCCCCCCCCCCCC. The Balaban J connectivity index is 5.09. The molecule has 0 saturated heterocycles. The Kier molecular flexibility index (Phi) is 52.9. The van der Waals surface area contributed by atoms with E-state index in [2.05, 4.69) is 27.7 Å². The van der Waals surface area contributed by atoms with Crippen molar-refractivity contribution in [3.63, 3.8) is 0 Å². The van der Waals surface area contributed by atoms with Crippen molar-refractivity contribution in [3.05, 3.63) is 0 Å². The van der Waals surface area contributed by atoms with Gasteiger partial charge in [-0.3, -0.25) is 0 Å². The fraction of sp³-hybridized carbons (Fsp3) is 0.949. The maximum absolute atomic E-state index is 13.6. The Morgan fingerprint density at radius 3 is 0.561 bits per heavy atom. The molecule has 0 aromatic heterocycles. The van der Waals surface area contributed by atoms with Crippen LogP contribution in [-0.4, -0.2) is 37.5 Å². The predicted molar refractivity (Wildman–Crippen MR) is 287 cm³/mol. The van der Waals surface area contributed by atoms with Gasteiger partial charge in [-0.2, -0.15) is 0 Å². The first kappa shape index (κ1) is 65.2. The molecule has 0 atom stereocenters. The predicted octanol–water partition coefficient (Wildman–Crippen LogP) is 20.5. The van der Waals surface area contributed by atoms with Gasteiger partial charge in [-0.25, -0.2) is 0 Å². The molecule has 0 aromatic rings. The van der Waals surface area contributed by atoms with Gasteiger partial charge in [0.25, 0.3) is 0 Å². The third-order valence-electron chi connectivity index (χ3n) is 13.8. The zero-order valence-electron chi connectivity index (χ0n) is 45.2. The molecule has 0 bridgehead atoms. The van der Waals surface area contributed by atoms with E-state index in [0.29, 0.717) is 23.7 Å². The molecule has 7 heteroatoms. The minimum Gasteiger partial charge on any atom is -0.0654 e. The monoisotopic (exact) mass is 1040 g/mol. The van der Waals surface area contributed by atoms with Gasteiger partial charge in [-0.15, -0.1) is 0 Å². The molecule has 0 radical (unpaired) electrons. The van der Waals surface area contributed by atoms with E-state index in [4.69, 9.17) is 9.22 Å². The minimum atomic E-state index is -4.92. The van der Waals surface area contributed by atoms with E-state index in [-0.39, 0.29) is 17.9 Å².